The number of likely N-dealkylation sites (tertiary alicyclic amines) is 1. The second-order valence-electron chi connectivity index (χ2n) is 5.53. The number of ether oxygens (including phenoxy) is 2. The van der Waals surface area contributed by atoms with E-state index >= 15 is 0 Å². The first-order chi connectivity index (χ1) is 10.3. The molecule has 1 amide bonds. The highest BCUT2D eigenvalue weighted by Crippen LogP contribution is 2.20. The highest BCUT2D eigenvalue weighted by Gasteiger charge is 2.30. The van der Waals surface area contributed by atoms with Gasteiger partial charge in [0.25, 0.3) is 5.91 Å². The third-order valence-corrected chi connectivity index (χ3v) is 4.02. The van der Waals surface area contributed by atoms with Crippen molar-refractivity contribution in [2.75, 3.05) is 19.7 Å². The Balaban J connectivity index is 1.47. The van der Waals surface area contributed by atoms with Gasteiger partial charge in [-0.1, -0.05) is 0 Å². The van der Waals surface area contributed by atoms with Gasteiger partial charge in [0.05, 0.1) is 0 Å². The maximum atomic E-state index is 12.4. The monoisotopic (exact) mass is 291 g/mol. The van der Waals surface area contributed by atoms with E-state index in [2.05, 4.69) is 9.97 Å². The van der Waals surface area contributed by atoms with Gasteiger partial charge in [0.2, 0.25) is 0 Å². The van der Waals surface area contributed by atoms with E-state index in [0.29, 0.717) is 12.6 Å². The summed E-state index contributed by atoms with van der Waals surface area (Å²) in [7, 11) is 0. The van der Waals surface area contributed by atoms with Gasteiger partial charge in [-0.2, -0.15) is 0 Å². The zero-order chi connectivity index (χ0) is 14.5. The van der Waals surface area contributed by atoms with E-state index in [1.165, 1.54) is 0 Å². The number of rotatable bonds is 3. The van der Waals surface area contributed by atoms with Crippen molar-refractivity contribution in [2.24, 2.45) is 0 Å². The molecule has 1 atom stereocenters. The molecule has 2 aliphatic rings. The van der Waals surface area contributed by atoms with Gasteiger partial charge in [0.1, 0.15) is 12.2 Å². The summed E-state index contributed by atoms with van der Waals surface area (Å²) in [5.41, 5.74) is 0. The standard InChI is InChI=1S/C15H21N3O3/c19-14(13-4-1-2-11-20-13)18-9-5-12(6-10-18)21-15-16-7-3-8-17-15/h3,7-8,12-13H,1-2,4-6,9-11H2. The summed E-state index contributed by atoms with van der Waals surface area (Å²) in [6.07, 6.45) is 7.83. The van der Waals surface area contributed by atoms with Gasteiger partial charge >= 0.3 is 6.01 Å². The summed E-state index contributed by atoms with van der Waals surface area (Å²) in [5, 5.41) is 0. The molecule has 0 aliphatic carbocycles. The number of aromatic nitrogens is 2. The molecule has 3 rings (SSSR count). The molecule has 0 radical (unpaired) electrons. The quantitative estimate of drug-likeness (QED) is 0.842. The Morgan fingerprint density at radius 2 is 1.95 bits per heavy atom. The number of hydrogen-bond donors (Lipinski definition) is 0. The van der Waals surface area contributed by atoms with Crippen LogP contribution < -0.4 is 4.74 Å². The lowest BCUT2D eigenvalue weighted by molar-refractivity contribution is -0.148. The molecule has 6 heteroatoms. The summed E-state index contributed by atoms with van der Waals surface area (Å²) in [5.74, 6) is 0.143. The summed E-state index contributed by atoms with van der Waals surface area (Å²) >= 11 is 0. The first-order valence-corrected chi connectivity index (χ1v) is 7.67. The van der Waals surface area contributed by atoms with Crippen LogP contribution in [0, 0.1) is 0 Å². The van der Waals surface area contributed by atoms with Crippen molar-refractivity contribution in [1.29, 1.82) is 0 Å². The number of hydrogen-bond acceptors (Lipinski definition) is 5. The Kier molecular flexibility index (Phi) is 4.65. The van der Waals surface area contributed by atoms with E-state index in [4.69, 9.17) is 9.47 Å². The minimum atomic E-state index is -0.228. The van der Waals surface area contributed by atoms with Crippen LogP contribution in [0.25, 0.3) is 0 Å². The number of amides is 1. The van der Waals surface area contributed by atoms with Gasteiger partial charge in [0.15, 0.2) is 0 Å². The van der Waals surface area contributed by atoms with Crippen LogP contribution in [0.5, 0.6) is 6.01 Å². The van der Waals surface area contributed by atoms with Crippen LogP contribution in [0.4, 0.5) is 0 Å². The van der Waals surface area contributed by atoms with Gasteiger partial charge in [-0.05, 0) is 25.3 Å². The minimum absolute atomic E-state index is 0.0868. The molecule has 1 aromatic rings. The van der Waals surface area contributed by atoms with Gasteiger partial charge in [-0.3, -0.25) is 4.79 Å². The lowest BCUT2D eigenvalue weighted by Gasteiger charge is -2.34. The van der Waals surface area contributed by atoms with E-state index in [1.807, 2.05) is 4.90 Å². The molecule has 0 saturated carbocycles. The number of nitrogens with zero attached hydrogens (tertiary/aromatic N) is 3. The van der Waals surface area contributed by atoms with Crippen LogP contribution >= 0.6 is 0 Å². The number of piperidine rings is 1. The van der Waals surface area contributed by atoms with Crippen molar-refractivity contribution in [3.8, 4) is 6.01 Å². The Morgan fingerprint density at radius 1 is 1.19 bits per heavy atom. The molecular weight excluding hydrogens is 270 g/mol. The van der Waals surface area contributed by atoms with Crippen molar-refractivity contribution in [1.82, 2.24) is 14.9 Å². The van der Waals surface area contributed by atoms with Crippen LogP contribution in [-0.4, -0.2) is 52.7 Å². The third-order valence-electron chi connectivity index (χ3n) is 4.02. The fourth-order valence-corrected chi connectivity index (χ4v) is 2.83. The molecule has 0 bridgehead atoms. The summed E-state index contributed by atoms with van der Waals surface area (Å²) in [6.45, 7) is 2.15. The molecule has 21 heavy (non-hydrogen) atoms. The lowest BCUT2D eigenvalue weighted by Crippen LogP contribution is -2.47. The summed E-state index contributed by atoms with van der Waals surface area (Å²) in [6, 6.07) is 2.18. The fraction of sp³-hybridized carbons (Fsp3) is 0.667. The van der Waals surface area contributed by atoms with Gasteiger partial charge in [-0.25, -0.2) is 9.97 Å². The molecule has 6 nitrogen and oxygen atoms in total. The van der Waals surface area contributed by atoms with E-state index < -0.39 is 0 Å². The highest BCUT2D eigenvalue weighted by atomic mass is 16.5. The third kappa shape index (κ3) is 3.69. The van der Waals surface area contributed by atoms with Crippen molar-refractivity contribution in [2.45, 2.75) is 44.3 Å². The average Bonchev–Trinajstić information content (AvgIpc) is 2.57. The SMILES string of the molecule is O=C(C1CCCCO1)N1CCC(Oc2ncccn2)CC1. The van der Waals surface area contributed by atoms with Gasteiger partial charge < -0.3 is 14.4 Å². The fourth-order valence-electron chi connectivity index (χ4n) is 2.83. The van der Waals surface area contributed by atoms with E-state index in [9.17, 15) is 4.79 Å². The zero-order valence-electron chi connectivity index (χ0n) is 12.1. The topological polar surface area (TPSA) is 64.5 Å². The Labute approximate surface area is 124 Å². The zero-order valence-corrected chi connectivity index (χ0v) is 12.1. The normalized spacial score (nSPS) is 23.8. The maximum Gasteiger partial charge on any atom is 0.316 e. The van der Waals surface area contributed by atoms with Crippen LogP contribution in [-0.2, 0) is 9.53 Å². The number of carbonyl (C=O) groups is 1. The van der Waals surface area contributed by atoms with Crippen LogP contribution in [0.15, 0.2) is 18.5 Å². The smallest absolute Gasteiger partial charge is 0.316 e. The molecule has 1 aromatic heterocycles. The minimum Gasteiger partial charge on any atom is -0.460 e. The number of carbonyl (C=O) groups excluding carboxylic acids is 1. The maximum absolute atomic E-state index is 12.4. The molecule has 2 fully saturated rings. The van der Waals surface area contributed by atoms with Crippen molar-refractivity contribution < 1.29 is 14.3 Å². The van der Waals surface area contributed by atoms with Crippen LogP contribution in [0.3, 0.4) is 0 Å². The van der Waals surface area contributed by atoms with Crippen molar-refractivity contribution in [3.63, 3.8) is 0 Å². The molecule has 0 aromatic carbocycles. The summed E-state index contributed by atoms with van der Waals surface area (Å²) in [4.78, 5) is 22.4. The molecule has 0 spiro atoms. The predicted octanol–water partition coefficient (Wildman–Crippen LogP) is 1.42. The Bertz CT molecular complexity index is 454. The Morgan fingerprint density at radius 3 is 2.62 bits per heavy atom. The van der Waals surface area contributed by atoms with Crippen LogP contribution in [0.2, 0.25) is 0 Å². The largest absolute Gasteiger partial charge is 0.460 e. The molecule has 0 N–H and O–H groups in total. The molecular formula is C15H21N3O3. The van der Waals surface area contributed by atoms with E-state index in [-0.39, 0.29) is 18.1 Å². The van der Waals surface area contributed by atoms with E-state index in [1.54, 1.807) is 18.5 Å². The second-order valence-corrected chi connectivity index (χ2v) is 5.53. The van der Waals surface area contributed by atoms with E-state index in [0.717, 1.165) is 45.2 Å². The van der Waals surface area contributed by atoms with Gasteiger partial charge in [0, 0.05) is 44.9 Å². The molecule has 3 heterocycles. The van der Waals surface area contributed by atoms with Crippen molar-refractivity contribution in [3.05, 3.63) is 18.5 Å². The predicted molar refractivity (Wildman–Crippen MR) is 75.9 cm³/mol. The average molecular weight is 291 g/mol. The van der Waals surface area contributed by atoms with Crippen LogP contribution in [0.1, 0.15) is 32.1 Å². The first-order valence-electron chi connectivity index (χ1n) is 7.67. The van der Waals surface area contributed by atoms with Gasteiger partial charge in [-0.15, -0.1) is 0 Å². The Hall–Kier alpha value is -1.69. The first kappa shape index (κ1) is 14.3. The molecule has 1 unspecified atom stereocenters. The summed E-state index contributed by atoms with van der Waals surface area (Å²) < 4.78 is 11.3. The highest BCUT2D eigenvalue weighted by molar-refractivity contribution is 5.81. The molecule has 2 aliphatic heterocycles. The van der Waals surface area contributed by atoms with Crippen molar-refractivity contribution >= 4 is 5.91 Å². The lowest BCUT2D eigenvalue weighted by atomic mass is 10.0. The molecule has 2 saturated heterocycles. The second kappa shape index (κ2) is 6.85. The molecule has 114 valence electrons.